The van der Waals surface area contributed by atoms with E-state index in [0.29, 0.717) is 38.8 Å². The maximum Gasteiger partial charge on any atom is 0.460 e. The molecule has 0 heterocycles. The summed E-state index contributed by atoms with van der Waals surface area (Å²) < 4.78 is 458. The molecule has 0 rings (SSSR count). The summed E-state index contributed by atoms with van der Waals surface area (Å²) in [4.78, 5) is 0. The molecule has 0 radical (unpaired) electrons. The van der Waals surface area contributed by atoms with Gasteiger partial charge in [-0.2, -0.15) is 149 Å². The molecule has 2 nitrogen and oxygen atoms in total. The molecule has 0 fully saturated rings. The molecule has 0 saturated heterocycles. The number of alkyl halides is 34. The van der Waals surface area contributed by atoms with Crippen molar-refractivity contribution in [3.8, 4) is 0 Å². The third-order valence-corrected chi connectivity index (χ3v) is 11.9. The molecule has 0 spiro atoms. The fourth-order valence-corrected chi connectivity index (χ4v) is 6.84. The van der Waals surface area contributed by atoms with Gasteiger partial charge in [-0.05, 0) is 64.2 Å². The quantitative estimate of drug-likeness (QED) is 0.0349. The molecular weight excluding hydrogens is 1130 g/mol. The summed E-state index contributed by atoms with van der Waals surface area (Å²) in [6.45, 7) is 1.26. The van der Waals surface area contributed by atoms with Crippen molar-refractivity contribution in [2.75, 3.05) is 54.4 Å². The molecule has 0 aromatic rings. The Balaban J connectivity index is 5.03. The minimum atomic E-state index is -8.71. The Morgan fingerprint density at radius 2 is 0.338 bits per heavy atom. The average molecular weight is 1180 g/mol. The van der Waals surface area contributed by atoms with Crippen LogP contribution in [0.3, 0.4) is 0 Å². The smallest absolute Gasteiger partial charge is 0.328 e. The Hall–Kier alpha value is -2.46. The maximum atomic E-state index is 14.2. The summed E-state index contributed by atoms with van der Waals surface area (Å²) in [5.74, 6) is -114. The molecule has 0 aromatic carbocycles. The molecule has 74 heavy (non-hydrogen) atoms. The molecule has 0 aliphatic heterocycles. The second-order valence-electron chi connectivity index (χ2n) is 18.8. The van der Waals surface area contributed by atoms with E-state index < -0.39 is 134 Å². The van der Waals surface area contributed by atoms with Crippen LogP contribution in [0.4, 0.5) is 149 Å². The standard InChI is InChI=1S/C38H48F34N2/c1-73(2,19-13-7-5-11-17-23(39,40)25(43,44)27(47,48)29(51,52)31(55,56)33(59,60)35(63,64)37(67,68)69)21-15-9-10-16-22-74(3,4)20-14-8-6-12-18-24(41,42)26(45,46)28(49,50)30(53,54)32(57,58)34(61,62)36(65,66)38(70,71)72/h5-22H2,1-4H3/q+2. The van der Waals surface area contributed by atoms with Gasteiger partial charge in [-0.3, -0.25) is 0 Å². The molecule has 0 aromatic heterocycles. The summed E-state index contributed by atoms with van der Waals surface area (Å²) in [5.41, 5.74) is 0. The first-order chi connectivity index (χ1) is 32.1. The van der Waals surface area contributed by atoms with Gasteiger partial charge in [-0.25, -0.2) is 0 Å². The van der Waals surface area contributed by atoms with Crippen LogP contribution >= 0.6 is 0 Å². The van der Waals surface area contributed by atoms with E-state index in [9.17, 15) is 149 Å². The second-order valence-corrected chi connectivity index (χ2v) is 18.8. The summed E-state index contributed by atoms with van der Waals surface area (Å²) >= 11 is 0. The predicted molar refractivity (Wildman–Crippen MR) is 190 cm³/mol. The fraction of sp³-hybridized carbons (Fsp3) is 1.00. The first-order valence-electron chi connectivity index (χ1n) is 21.2. The zero-order chi connectivity index (χ0) is 59.7. The number of quaternary nitrogens is 2. The van der Waals surface area contributed by atoms with Crippen LogP contribution in [0.5, 0.6) is 0 Å². The van der Waals surface area contributed by atoms with Crippen molar-refractivity contribution in [2.45, 2.75) is 185 Å². The summed E-state index contributed by atoms with van der Waals surface area (Å²) in [7, 11) is 6.57. The predicted octanol–water partition coefficient (Wildman–Crippen LogP) is 16.6. The zero-order valence-electron chi connectivity index (χ0n) is 38.5. The van der Waals surface area contributed by atoms with Gasteiger partial charge in [0.2, 0.25) is 0 Å². The van der Waals surface area contributed by atoms with E-state index in [1.165, 1.54) is 0 Å². The Bertz CT molecular complexity index is 1630. The van der Waals surface area contributed by atoms with Crippen molar-refractivity contribution in [2.24, 2.45) is 0 Å². The fourth-order valence-electron chi connectivity index (χ4n) is 6.84. The van der Waals surface area contributed by atoms with Gasteiger partial charge >= 0.3 is 95.3 Å². The number of halogens is 34. The number of nitrogens with zero attached hydrogens (tertiary/aromatic N) is 2. The van der Waals surface area contributed by atoms with Crippen LogP contribution in [0, 0.1) is 0 Å². The third kappa shape index (κ3) is 13.3. The Labute approximate surface area is 398 Å². The SMILES string of the molecule is C[N+](C)(CCCCCCC(F)(F)C(F)(F)C(F)(F)C(F)(F)C(F)(F)C(F)(F)C(F)(F)C(F)(F)F)CCCCCC[N+](C)(C)CCCCCCC(F)(F)C(F)(F)C(F)(F)C(F)(F)C(F)(F)C(F)(F)C(F)(F)C(F)(F)F. The van der Waals surface area contributed by atoms with Crippen molar-refractivity contribution in [1.82, 2.24) is 0 Å². The summed E-state index contributed by atoms with van der Waals surface area (Å²) in [6, 6.07) is 0. The first kappa shape index (κ1) is 71.5. The number of hydrogen-bond donors (Lipinski definition) is 0. The lowest BCUT2D eigenvalue weighted by molar-refractivity contribution is -0.891. The number of rotatable bonds is 33. The van der Waals surface area contributed by atoms with Gasteiger partial charge in [0, 0.05) is 12.8 Å². The van der Waals surface area contributed by atoms with Crippen molar-refractivity contribution in [3.05, 3.63) is 0 Å². The highest BCUT2D eigenvalue weighted by Crippen LogP contribution is 2.66. The largest absolute Gasteiger partial charge is 0.460 e. The van der Waals surface area contributed by atoms with Crippen LogP contribution in [0.1, 0.15) is 89.9 Å². The third-order valence-electron chi connectivity index (χ3n) is 11.9. The molecule has 446 valence electrons. The van der Waals surface area contributed by atoms with Gasteiger partial charge in [-0.1, -0.05) is 12.8 Å². The maximum absolute atomic E-state index is 14.2. The molecule has 36 heteroatoms. The van der Waals surface area contributed by atoms with Crippen molar-refractivity contribution in [3.63, 3.8) is 0 Å². The van der Waals surface area contributed by atoms with Gasteiger partial charge in [0.25, 0.3) is 0 Å². The van der Waals surface area contributed by atoms with Crippen molar-refractivity contribution in [1.29, 1.82) is 0 Å². The molecule has 0 unspecified atom stereocenters. The molecule has 0 amide bonds. The molecule has 0 bridgehead atoms. The molecular formula is C38H48F34N2+2. The minimum Gasteiger partial charge on any atom is -0.328 e. The highest BCUT2D eigenvalue weighted by molar-refractivity contribution is 5.16. The van der Waals surface area contributed by atoms with Crippen LogP contribution in [0.25, 0.3) is 0 Å². The van der Waals surface area contributed by atoms with Gasteiger partial charge in [-0.15, -0.1) is 0 Å². The minimum absolute atomic E-state index is 0.0846. The normalized spacial score (nSPS) is 16.1. The van der Waals surface area contributed by atoms with Gasteiger partial charge in [0.1, 0.15) is 0 Å². The summed E-state index contributed by atoms with van der Waals surface area (Å²) in [5, 5.41) is 0. The second kappa shape index (κ2) is 22.4. The molecule has 0 atom stereocenters. The lowest BCUT2D eigenvalue weighted by Gasteiger charge is -2.42. The molecule has 0 N–H and O–H groups in total. The topological polar surface area (TPSA) is 0 Å². The molecule has 0 aliphatic rings. The van der Waals surface area contributed by atoms with Crippen LogP contribution in [0.2, 0.25) is 0 Å². The van der Waals surface area contributed by atoms with Crippen molar-refractivity contribution < 1.29 is 158 Å². The molecule has 0 saturated carbocycles. The van der Waals surface area contributed by atoms with E-state index in [2.05, 4.69) is 0 Å². The van der Waals surface area contributed by atoms with E-state index >= 15 is 0 Å². The molecule has 0 aliphatic carbocycles. The van der Waals surface area contributed by atoms with Gasteiger partial charge < -0.3 is 8.97 Å². The zero-order valence-corrected chi connectivity index (χ0v) is 38.5. The Kier molecular flexibility index (Phi) is 21.6. The van der Waals surface area contributed by atoms with Crippen LogP contribution < -0.4 is 0 Å². The highest BCUT2D eigenvalue weighted by Gasteiger charge is 2.97. The number of unbranched alkanes of at least 4 members (excludes halogenated alkanes) is 9. The lowest BCUT2D eigenvalue weighted by atomic mass is 9.87. The Morgan fingerprint density at radius 1 is 0.189 bits per heavy atom. The van der Waals surface area contributed by atoms with E-state index in [-0.39, 0.29) is 47.7 Å². The first-order valence-corrected chi connectivity index (χ1v) is 21.2. The number of hydrogen-bond acceptors (Lipinski definition) is 0. The van der Waals surface area contributed by atoms with Crippen LogP contribution in [0.15, 0.2) is 0 Å². The van der Waals surface area contributed by atoms with E-state index in [1.807, 2.05) is 0 Å². The van der Waals surface area contributed by atoms with Gasteiger partial charge in [0.05, 0.1) is 54.4 Å². The van der Waals surface area contributed by atoms with Crippen molar-refractivity contribution >= 4 is 0 Å². The highest BCUT2D eigenvalue weighted by atomic mass is 19.4. The Morgan fingerprint density at radius 3 is 0.514 bits per heavy atom. The average Bonchev–Trinajstić information content (AvgIpc) is 3.19. The summed E-state index contributed by atoms with van der Waals surface area (Å²) in [6.07, 6.45) is -22.4. The van der Waals surface area contributed by atoms with E-state index in [1.54, 1.807) is 28.2 Å². The van der Waals surface area contributed by atoms with Crippen LogP contribution in [-0.4, -0.2) is 159 Å². The lowest BCUT2D eigenvalue weighted by Crippen LogP contribution is -2.74. The van der Waals surface area contributed by atoms with Crippen LogP contribution in [-0.2, 0) is 0 Å². The monoisotopic (exact) mass is 1180 g/mol. The van der Waals surface area contributed by atoms with E-state index in [0.717, 1.165) is 0 Å². The van der Waals surface area contributed by atoms with Gasteiger partial charge in [0.15, 0.2) is 0 Å². The van der Waals surface area contributed by atoms with E-state index in [4.69, 9.17) is 0 Å².